The maximum atomic E-state index is 11.7. The third kappa shape index (κ3) is 5.28. The number of nitrogens with zero attached hydrogens (tertiary/aromatic N) is 1. The lowest BCUT2D eigenvalue weighted by molar-refractivity contribution is -0.149. The van der Waals surface area contributed by atoms with Crippen molar-refractivity contribution in [3.63, 3.8) is 0 Å². The zero-order valence-electron chi connectivity index (χ0n) is 12.1. The van der Waals surface area contributed by atoms with E-state index >= 15 is 0 Å². The predicted molar refractivity (Wildman–Crippen MR) is 78.7 cm³/mol. The van der Waals surface area contributed by atoms with Crippen LogP contribution in [-0.4, -0.2) is 49.2 Å². The molecule has 112 valence electrons. The van der Waals surface area contributed by atoms with E-state index in [9.17, 15) is 4.79 Å². The fourth-order valence-electron chi connectivity index (χ4n) is 2.56. The highest BCUT2D eigenvalue weighted by atomic mass is 35.5. The molecule has 0 aromatic carbocycles. The molecule has 1 saturated heterocycles. The number of hydrogen-bond acceptors (Lipinski definition) is 4. The first-order valence-corrected chi connectivity index (χ1v) is 7.34. The van der Waals surface area contributed by atoms with Crippen LogP contribution in [0.2, 0.25) is 0 Å². The summed E-state index contributed by atoms with van der Waals surface area (Å²) in [5, 5.41) is 3.65. The molecule has 1 atom stereocenters. The largest absolute Gasteiger partial charge is 0.465 e. The topological polar surface area (TPSA) is 41.6 Å². The number of nitrogens with one attached hydrogen (secondary N) is 1. The second-order valence-electron chi connectivity index (χ2n) is 5.59. The molecule has 2 aliphatic rings. The van der Waals surface area contributed by atoms with Gasteiger partial charge in [0.05, 0.1) is 6.61 Å². The van der Waals surface area contributed by atoms with Crippen LogP contribution >= 0.6 is 12.4 Å². The van der Waals surface area contributed by atoms with E-state index in [1.165, 1.54) is 19.4 Å². The van der Waals surface area contributed by atoms with E-state index in [1.807, 2.05) is 13.8 Å². The minimum absolute atomic E-state index is 0. The Hall–Kier alpha value is -0.320. The number of likely N-dealkylation sites (tertiary alicyclic amines) is 1. The summed E-state index contributed by atoms with van der Waals surface area (Å²) in [6.07, 6.45) is 5.12. The molecule has 1 aliphatic carbocycles. The second-order valence-corrected chi connectivity index (χ2v) is 5.59. The van der Waals surface area contributed by atoms with Gasteiger partial charge in [0, 0.05) is 19.1 Å². The Morgan fingerprint density at radius 3 is 2.47 bits per heavy atom. The third-order valence-corrected chi connectivity index (χ3v) is 4.10. The lowest BCUT2D eigenvalue weighted by Crippen LogP contribution is -2.48. The Balaban J connectivity index is 0.00000180. The second kappa shape index (κ2) is 8.08. The quantitative estimate of drug-likeness (QED) is 0.758. The Labute approximate surface area is 122 Å². The molecule has 0 aromatic rings. The molecule has 4 nitrogen and oxygen atoms in total. The Kier molecular flexibility index (Phi) is 7.11. The summed E-state index contributed by atoms with van der Waals surface area (Å²) < 4.78 is 5.07. The van der Waals surface area contributed by atoms with Crippen molar-refractivity contribution in [2.75, 3.05) is 26.2 Å². The Morgan fingerprint density at radius 2 is 1.95 bits per heavy atom. The molecule has 1 heterocycles. The molecule has 0 aromatic heterocycles. The minimum Gasteiger partial charge on any atom is -0.465 e. The van der Waals surface area contributed by atoms with Gasteiger partial charge < -0.3 is 10.1 Å². The maximum Gasteiger partial charge on any atom is 0.323 e. The third-order valence-electron chi connectivity index (χ3n) is 4.10. The Morgan fingerprint density at radius 1 is 1.32 bits per heavy atom. The summed E-state index contributed by atoms with van der Waals surface area (Å²) in [4.78, 5) is 13.9. The van der Waals surface area contributed by atoms with Gasteiger partial charge >= 0.3 is 5.97 Å². The smallest absolute Gasteiger partial charge is 0.323 e. The number of hydrogen-bond donors (Lipinski definition) is 1. The molecule has 19 heavy (non-hydrogen) atoms. The van der Waals surface area contributed by atoms with Crippen LogP contribution in [-0.2, 0) is 9.53 Å². The fourth-order valence-corrected chi connectivity index (χ4v) is 2.56. The van der Waals surface area contributed by atoms with Crippen LogP contribution in [0.5, 0.6) is 0 Å². The standard InChI is InChI=1S/C14H26N2O2.ClH/c1-3-18-14(17)11(2)16-8-6-13(7-9-16)15-10-12-4-5-12;/h11-13,15H,3-10H2,1-2H3;1H. The summed E-state index contributed by atoms with van der Waals surface area (Å²) >= 11 is 0. The van der Waals surface area contributed by atoms with Crippen LogP contribution in [0.25, 0.3) is 0 Å². The molecule has 0 bridgehead atoms. The molecule has 1 aliphatic heterocycles. The van der Waals surface area contributed by atoms with Gasteiger partial charge in [-0.3, -0.25) is 9.69 Å². The number of carbonyl (C=O) groups is 1. The van der Waals surface area contributed by atoms with Crippen molar-refractivity contribution in [2.24, 2.45) is 5.92 Å². The van der Waals surface area contributed by atoms with Gasteiger partial charge in [-0.05, 0) is 52.0 Å². The van der Waals surface area contributed by atoms with Gasteiger partial charge in [0.25, 0.3) is 0 Å². The fraction of sp³-hybridized carbons (Fsp3) is 0.929. The van der Waals surface area contributed by atoms with Crippen molar-refractivity contribution in [1.29, 1.82) is 0 Å². The molecule has 2 rings (SSSR count). The van der Waals surface area contributed by atoms with E-state index in [0.717, 1.165) is 31.8 Å². The van der Waals surface area contributed by atoms with E-state index in [2.05, 4.69) is 10.2 Å². The highest BCUT2D eigenvalue weighted by Gasteiger charge is 2.28. The van der Waals surface area contributed by atoms with Crippen LogP contribution in [0.15, 0.2) is 0 Å². The molecule has 5 heteroatoms. The van der Waals surface area contributed by atoms with Crippen LogP contribution in [0.1, 0.15) is 39.5 Å². The summed E-state index contributed by atoms with van der Waals surface area (Å²) in [5.74, 6) is 0.864. The van der Waals surface area contributed by atoms with E-state index in [1.54, 1.807) is 0 Å². The van der Waals surface area contributed by atoms with Crippen molar-refractivity contribution < 1.29 is 9.53 Å². The van der Waals surface area contributed by atoms with Gasteiger partial charge in [0.1, 0.15) is 6.04 Å². The first-order valence-electron chi connectivity index (χ1n) is 7.34. The molecule has 1 unspecified atom stereocenters. The molecule has 2 fully saturated rings. The molecular formula is C14H27ClN2O2. The zero-order valence-corrected chi connectivity index (χ0v) is 12.9. The lowest BCUT2D eigenvalue weighted by Gasteiger charge is -2.35. The summed E-state index contributed by atoms with van der Waals surface area (Å²) in [6.45, 7) is 7.49. The first-order chi connectivity index (χ1) is 8.70. The molecule has 1 N–H and O–H groups in total. The number of halogens is 1. The number of carbonyl (C=O) groups excluding carboxylic acids is 1. The highest BCUT2D eigenvalue weighted by molar-refractivity contribution is 5.85. The molecular weight excluding hydrogens is 264 g/mol. The average Bonchev–Trinajstić information content (AvgIpc) is 3.20. The van der Waals surface area contributed by atoms with Crippen LogP contribution < -0.4 is 5.32 Å². The van der Waals surface area contributed by atoms with Gasteiger partial charge in [-0.25, -0.2) is 0 Å². The minimum atomic E-state index is -0.0886. The average molecular weight is 291 g/mol. The van der Waals surface area contributed by atoms with Crippen molar-refractivity contribution in [2.45, 2.75) is 51.6 Å². The van der Waals surface area contributed by atoms with E-state index in [0.29, 0.717) is 12.6 Å². The van der Waals surface area contributed by atoms with Crippen molar-refractivity contribution in [1.82, 2.24) is 10.2 Å². The van der Waals surface area contributed by atoms with Crippen molar-refractivity contribution >= 4 is 18.4 Å². The summed E-state index contributed by atoms with van der Waals surface area (Å²) in [7, 11) is 0. The number of esters is 1. The number of ether oxygens (including phenoxy) is 1. The SMILES string of the molecule is CCOC(=O)C(C)N1CCC(NCC2CC2)CC1.Cl. The zero-order chi connectivity index (χ0) is 13.0. The maximum absolute atomic E-state index is 11.7. The van der Waals surface area contributed by atoms with E-state index in [4.69, 9.17) is 4.74 Å². The van der Waals surface area contributed by atoms with Gasteiger partial charge in [-0.15, -0.1) is 12.4 Å². The molecule has 0 radical (unpaired) electrons. The van der Waals surface area contributed by atoms with Crippen LogP contribution in [0.4, 0.5) is 0 Å². The van der Waals surface area contributed by atoms with Crippen LogP contribution in [0, 0.1) is 5.92 Å². The lowest BCUT2D eigenvalue weighted by atomic mass is 10.0. The molecule has 0 spiro atoms. The highest BCUT2D eigenvalue weighted by Crippen LogP contribution is 2.28. The molecule has 0 amide bonds. The van der Waals surface area contributed by atoms with Crippen molar-refractivity contribution in [3.8, 4) is 0 Å². The Bertz CT molecular complexity index is 277. The monoisotopic (exact) mass is 290 g/mol. The number of piperidine rings is 1. The van der Waals surface area contributed by atoms with Gasteiger partial charge in [-0.2, -0.15) is 0 Å². The van der Waals surface area contributed by atoms with Crippen molar-refractivity contribution in [3.05, 3.63) is 0 Å². The first kappa shape index (κ1) is 16.7. The van der Waals surface area contributed by atoms with E-state index < -0.39 is 0 Å². The predicted octanol–water partition coefficient (Wildman–Crippen LogP) is 1.82. The van der Waals surface area contributed by atoms with Gasteiger partial charge in [-0.1, -0.05) is 0 Å². The van der Waals surface area contributed by atoms with E-state index in [-0.39, 0.29) is 24.4 Å². The van der Waals surface area contributed by atoms with Gasteiger partial charge in [0.2, 0.25) is 0 Å². The summed E-state index contributed by atoms with van der Waals surface area (Å²) in [6, 6.07) is 0.561. The molecule has 1 saturated carbocycles. The number of rotatable bonds is 6. The van der Waals surface area contributed by atoms with Crippen LogP contribution in [0.3, 0.4) is 0 Å². The summed E-state index contributed by atoms with van der Waals surface area (Å²) in [5.41, 5.74) is 0. The van der Waals surface area contributed by atoms with Gasteiger partial charge in [0.15, 0.2) is 0 Å². The normalized spacial score (nSPS) is 22.6.